The van der Waals surface area contributed by atoms with Crippen LogP contribution in [0.15, 0.2) is 48.8 Å². The fraction of sp³-hybridized carbons (Fsp3) is 0.600. The largest absolute Gasteiger partial charge is 0.371 e. The first kappa shape index (κ1) is 25.3. The Morgan fingerprint density at radius 2 is 1.35 bits per heavy atom. The molecule has 1 aromatic carbocycles. The number of allylic oxidation sites excluding steroid dienone is 4. The molecule has 4 rings (SSSR count). The van der Waals surface area contributed by atoms with Crippen molar-refractivity contribution in [2.75, 3.05) is 6.61 Å². The third-order valence-electron chi connectivity index (χ3n) is 8.34. The van der Waals surface area contributed by atoms with Crippen LogP contribution < -0.4 is 0 Å². The molecule has 0 N–H and O–H groups in total. The molecular formula is C30H39F3O. The van der Waals surface area contributed by atoms with Crippen LogP contribution in [0.3, 0.4) is 0 Å². The average Bonchev–Trinajstić information content (AvgIpc) is 2.86. The molecule has 0 heterocycles. The summed E-state index contributed by atoms with van der Waals surface area (Å²) in [5.41, 5.74) is 1.10. The van der Waals surface area contributed by atoms with Crippen LogP contribution in [0.1, 0.15) is 94.1 Å². The van der Waals surface area contributed by atoms with Crippen LogP contribution >= 0.6 is 0 Å². The third kappa shape index (κ3) is 5.87. The van der Waals surface area contributed by atoms with E-state index >= 15 is 8.78 Å². The Kier molecular flexibility index (Phi) is 8.74. The lowest BCUT2D eigenvalue weighted by Crippen LogP contribution is -2.20. The monoisotopic (exact) mass is 472 g/mol. The lowest BCUT2D eigenvalue weighted by atomic mass is 9.76. The van der Waals surface area contributed by atoms with Crippen molar-refractivity contribution in [1.82, 2.24) is 0 Å². The highest BCUT2D eigenvalue weighted by molar-refractivity contribution is 5.32. The molecule has 2 atom stereocenters. The summed E-state index contributed by atoms with van der Waals surface area (Å²) < 4.78 is 49.7. The molecule has 0 aliphatic heterocycles. The van der Waals surface area contributed by atoms with Crippen molar-refractivity contribution in [2.24, 2.45) is 17.8 Å². The molecule has 1 aromatic rings. The van der Waals surface area contributed by atoms with E-state index in [1.807, 2.05) is 25.1 Å². The number of halogens is 3. The molecule has 0 radical (unpaired) electrons. The second-order valence-corrected chi connectivity index (χ2v) is 10.5. The molecule has 34 heavy (non-hydrogen) atoms. The molecule has 2 fully saturated rings. The summed E-state index contributed by atoms with van der Waals surface area (Å²) >= 11 is 0. The highest BCUT2D eigenvalue weighted by Gasteiger charge is 2.29. The third-order valence-corrected chi connectivity index (χ3v) is 8.34. The number of ether oxygens (including phenoxy) is 1. The molecule has 0 saturated heterocycles. The van der Waals surface area contributed by atoms with Crippen LogP contribution in [-0.4, -0.2) is 12.7 Å². The van der Waals surface area contributed by atoms with E-state index in [9.17, 15) is 4.39 Å². The van der Waals surface area contributed by atoms with Gasteiger partial charge in [0.1, 0.15) is 11.9 Å². The van der Waals surface area contributed by atoms with Gasteiger partial charge < -0.3 is 4.74 Å². The topological polar surface area (TPSA) is 9.23 Å². The average molecular weight is 473 g/mol. The summed E-state index contributed by atoms with van der Waals surface area (Å²) in [6.07, 6.45) is 16.7. The van der Waals surface area contributed by atoms with Crippen molar-refractivity contribution in [3.05, 3.63) is 71.6 Å². The summed E-state index contributed by atoms with van der Waals surface area (Å²) in [6, 6.07) is 3.69. The van der Waals surface area contributed by atoms with Gasteiger partial charge in [-0.3, -0.25) is 0 Å². The van der Waals surface area contributed by atoms with Crippen LogP contribution in [0.5, 0.6) is 0 Å². The van der Waals surface area contributed by atoms with Crippen LogP contribution in [0, 0.1) is 29.4 Å². The quantitative estimate of drug-likeness (QED) is 0.360. The van der Waals surface area contributed by atoms with Crippen molar-refractivity contribution in [1.29, 1.82) is 0 Å². The minimum Gasteiger partial charge on any atom is -0.371 e. The van der Waals surface area contributed by atoms with E-state index in [-0.39, 0.29) is 29.7 Å². The van der Waals surface area contributed by atoms with Crippen LogP contribution in [0.25, 0.3) is 0 Å². The predicted molar refractivity (Wildman–Crippen MR) is 132 cm³/mol. The molecule has 3 aliphatic rings. The van der Waals surface area contributed by atoms with Crippen LogP contribution in [0.2, 0.25) is 0 Å². The minimum absolute atomic E-state index is 0.0728. The summed E-state index contributed by atoms with van der Waals surface area (Å²) in [6.45, 7) is 6.28. The molecule has 0 aromatic heterocycles. The lowest BCUT2D eigenvalue weighted by Gasteiger charge is -2.30. The smallest absolute Gasteiger partial charge is 0.162 e. The van der Waals surface area contributed by atoms with Crippen molar-refractivity contribution >= 4 is 0 Å². The number of benzene rings is 1. The molecule has 1 nitrogen and oxygen atoms in total. The fourth-order valence-corrected chi connectivity index (χ4v) is 6.19. The standard InChI is InChI=1S/C30H39F3O/c1-3-20-7-12-23(13-8-20)25-16-17-26(30(33)29(25)32)24-14-9-21(10-15-24)5-6-22-11-18-28(34-4-2)27(31)19-22/h3,5-6,16-17,19-24,28H,1,4,7-15,18H2,2H3/b6-5+. The Bertz CT molecular complexity index is 889. The molecule has 0 amide bonds. The molecule has 0 spiro atoms. The zero-order valence-corrected chi connectivity index (χ0v) is 20.5. The Labute approximate surface area is 203 Å². The van der Waals surface area contributed by atoms with E-state index in [0.29, 0.717) is 36.0 Å². The van der Waals surface area contributed by atoms with Gasteiger partial charge in [0.25, 0.3) is 0 Å². The molecule has 0 bridgehead atoms. The zero-order chi connectivity index (χ0) is 24.1. The second-order valence-electron chi connectivity index (χ2n) is 10.5. The Balaban J connectivity index is 1.32. The van der Waals surface area contributed by atoms with Gasteiger partial charge in [-0.05, 0) is 118 Å². The van der Waals surface area contributed by atoms with E-state index in [4.69, 9.17) is 4.74 Å². The maximum atomic E-state index is 15.1. The Morgan fingerprint density at radius 1 is 0.794 bits per heavy atom. The van der Waals surface area contributed by atoms with Crippen LogP contribution in [-0.2, 0) is 4.74 Å². The van der Waals surface area contributed by atoms with Crippen molar-refractivity contribution in [3.8, 4) is 0 Å². The fourth-order valence-electron chi connectivity index (χ4n) is 6.19. The van der Waals surface area contributed by atoms with Crippen molar-refractivity contribution < 1.29 is 17.9 Å². The maximum absolute atomic E-state index is 15.1. The molecular weight excluding hydrogens is 433 g/mol. The first-order valence-corrected chi connectivity index (χ1v) is 13.3. The van der Waals surface area contributed by atoms with Gasteiger partial charge in [-0.2, -0.15) is 0 Å². The van der Waals surface area contributed by atoms with Crippen LogP contribution in [0.4, 0.5) is 13.2 Å². The first-order valence-electron chi connectivity index (χ1n) is 13.3. The Morgan fingerprint density at radius 3 is 1.85 bits per heavy atom. The zero-order valence-electron chi connectivity index (χ0n) is 20.5. The Hall–Kier alpha value is -1.81. The number of rotatable bonds is 7. The van der Waals surface area contributed by atoms with Gasteiger partial charge in [-0.25, -0.2) is 13.2 Å². The van der Waals surface area contributed by atoms with Gasteiger partial charge in [-0.15, -0.1) is 6.58 Å². The summed E-state index contributed by atoms with van der Waals surface area (Å²) in [5, 5.41) is 0. The predicted octanol–water partition coefficient (Wildman–Crippen LogP) is 8.92. The van der Waals surface area contributed by atoms with Gasteiger partial charge in [0.15, 0.2) is 11.6 Å². The number of hydrogen-bond acceptors (Lipinski definition) is 1. The van der Waals surface area contributed by atoms with Gasteiger partial charge in [0.2, 0.25) is 0 Å². The SMILES string of the molecule is C=CC1CCC(c2ccc(C3CCC(/C=C/C4C=C(F)C(OCC)CC4)CC3)c(F)c2F)CC1. The van der Waals surface area contributed by atoms with E-state index in [1.54, 1.807) is 6.08 Å². The molecule has 4 heteroatoms. The van der Waals surface area contributed by atoms with E-state index in [0.717, 1.165) is 57.8 Å². The van der Waals surface area contributed by atoms with Gasteiger partial charge in [0, 0.05) is 6.61 Å². The lowest BCUT2D eigenvalue weighted by molar-refractivity contribution is 0.0581. The van der Waals surface area contributed by atoms with Crippen molar-refractivity contribution in [2.45, 2.75) is 89.1 Å². The molecule has 2 saturated carbocycles. The highest BCUT2D eigenvalue weighted by atomic mass is 19.2. The van der Waals surface area contributed by atoms with E-state index in [2.05, 4.69) is 18.7 Å². The van der Waals surface area contributed by atoms with E-state index in [1.165, 1.54) is 0 Å². The van der Waals surface area contributed by atoms with E-state index < -0.39 is 11.6 Å². The second kappa shape index (κ2) is 11.7. The normalized spacial score (nSPS) is 32.5. The van der Waals surface area contributed by atoms with Gasteiger partial charge in [0.05, 0.1) is 0 Å². The summed E-state index contributed by atoms with van der Waals surface area (Å²) in [4.78, 5) is 0. The minimum atomic E-state index is -0.631. The molecule has 3 aliphatic carbocycles. The molecule has 2 unspecified atom stereocenters. The van der Waals surface area contributed by atoms with Gasteiger partial charge in [-0.1, -0.05) is 30.4 Å². The van der Waals surface area contributed by atoms with Gasteiger partial charge >= 0.3 is 0 Å². The molecule has 186 valence electrons. The number of hydrogen-bond donors (Lipinski definition) is 0. The summed E-state index contributed by atoms with van der Waals surface area (Å²) in [7, 11) is 0. The van der Waals surface area contributed by atoms with Crippen molar-refractivity contribution in [3.63, 3.8) is 0 Å². The first-order chi connectivity index (χ1) is 16.5. The maximum Gasteiger partial charge on any atom is 0.162 e. The highest BCUT2D eigenvalue weighted by Crippen LogP contribution is 2.42. The summed E-state index contributed by atoms with van der Waals surface area (Å²) in [5.74, 6) is -0.174.